The van der Waals surface area contributed by atoms with Crippen molar-refractivity contribution in [3.63, 3.8) is 0 Å². The quantitative estimate of drug-likeness (QED) is 0.871. The Labute approximate surface area is 147 Å². The molecule has 1 N–H and O–H groups in total. The largest absolute Gasteiger partial charge is 0.354 e. The Hall–Kier alpha value is -1.82. The van der Waals surface area contributed by atoms with E-state index in [9.17, 15) is 4.79 Å². The fourth-order valence-corrected chi connectivity index (χ4v) is 3.16. The molecule has 0 radical (unpaired) electrons. The molecule has 2 aromatic heterocycles. The molecule has 0 saturated heterocycles. The van der Waals surface area contributed by atoms with Crippen molar-refractivity contribution >= 4 is 17.5 Å². The van der Waals surface area contributed by atoms with E-state index in [-0.39, 0.29) is 17.9 Å². The van der Waals surface area contributed by atoms with E-state index in [1.807, 2.05) is 20.8 Å². The summed E-state index contributed by atoms with van der Waals surface area (Å²) in [6, 6.07) is 2.08. The zero-order valence-corrected chi connectivity index (χ0v) is 15.4. The number of carbonyl (C=O) groups excluding carboxylic acids is 1. The maximum absolute atomic E-state index is 12.2. The Morgan fingerprint density at radius 2 is 1.96 bits per heavy atom. The summed E-state index contributed by atoms with van der Waals surface area (Å²) in [6.45, 7) is 9.54. The summed E-state index contributed by atoms with van der Waals surface area (Å²) in [5, 5.41) is 12.5. The third kappa shape index (κ3) is 3.48. The third-order valence-electron chi connectivity index (χ3n) is 4.79. The van der Waals surface area contributed by atoms with Gasteiger partial charge in [0, 0.05) is 24.2 Å². The van der Waals surface area contributed by atoms with Gasteiger partial charge < -0.3 is 5.32 Å². The standard InChI is InChI=1S/C17H24ClN5O/c1-11-7-12(2)23(20-11)10-17(5-6-17)9-19-15(24)8-22-14(4)16(18)13(3)21-22/h7H,5-6,8-10H2,1-4H3,(H,19,24). The minimum Gasteiger partial charge on any atom is -0.354 e. The molecular formula is C17H24ClN5O. The highest BCUT2D eigenvalue weighted by Gasteiger charge is 2.43. The Morgan fingerprint density at radius 1 is 1.25 bits per heavy atom. The molecule has 1 aliphatic carbocycles. The molecule has 1 aliphatic rings. The summed E-state index contributed by atoms with van der Waals surface area (Å²) in [6.07, 6.45) is 2.24. The van der Waals surface area contributed by atoms with Crippen LogP contribution in [0.1, 0.15) is 35.6 Å². The van der Waals surface area contributed by atoms with Gasteiger partial charge in [-0.1, -0.05) is 11.6 Å². The Kier molecular flexibility index (Phi) is 4.42. The molecule has 6 nitrogen and oxygen atoms in total. The molecule has 0 spiro atoms. The van der Waals surface area contributed by atoms with E-state index >= 15 is 0 Å². The van der Waals surface area contributed by atoms with Crippen LogP contribution in [0.3, 0.4) is 0 Å². The maximum atomic E-state index is 12.2. The molecule has 0 atom stereocenters. The van der Waals surface area contributed by atoms with Gasteiger partial charge in [-0.2, -0.15) is 10.2 Å². The highest BCUT2D eigenvalue weighted by Crippen LogP contribution is 2.46. The lowest BCUT2D eigenvalue weighted by Crippen LogP contribution is -2.35. The van der Waals surface area contributed by atoms with Crippen molar-refractivity contribution in [1.82, 2.24) is 24.9 Å². The van der Waals surface area contributed by atoms with E-state index in [0.29, 0.717) is 11.6 Å². The number of hydrogen-bond acceptors (Lipinski definition) is 3. The molecular weight excluding hydrogens is 326 g/mol. The monoisotopic (exact) mass is 349 g/mol. The van der Waals surface area contributed by atoms with Crippen LogP contribution in [0.4, 0.5) is 0 Å². The number of aryl methyl sites for hydroxylation is 3. The highest BCUT2D eigenvalue weighted by atomic mass is 35.5. The van der Waals surface area contributed by atoms with Crippen molar-refractivity contribution in [1.29, 1.82) is 0 Å². The van der Waals surface area contributed by atoms with Gasteiger partial charge in [0.2, 0.25) is 5.91 Å². The van der Waals surface area contributed by atoms with Crippen LogP contribution in [0.2, 0.25) is 5.02 Å². The number of hydrogen-bond donors (Lipinski definition) is 1. The fourth-order valence-electron chi connectivity index (χ4n) is 3.03. The first-order valence-electron chi connectivity index (χ1n) is 8.27. The summed E-state index contributed by atoms with van der Waals surface area (Å²) in [4.78, 5) is 12.2. The summed E-state index contributed by atoms with van der Waals surface area (Å²) in [7, 11) is 0. The van der Waals surface area contributed by atoms with Gasteiger partial charge in [-0.25, -0.2) is 0 Å². The minimum absolute atomic E-state index is 0.0306. The van der Waals surface area contributed by atoms with Crippen LogP contribution >= 0.6 is 11.6 Å². The molecule has 130 valence electrons. The average molecular weight is 350 g/mol. The van der Waals surface area contributed by atoms with Crippen LogP contribution in [-0.2, 0) is 17.9 Å². The van der Waals surface area contributed by atoms with Crippen LogP contribution in [0, 0.1) is 33.1 Å². The summed E-state index contributed by atoms with van der Waals surface area (Å²) in [5.74, 6) is -0.0306. The molecule has 24 heavy (non-hydrogen) atoms. The molecule has 2 heterocycles. The maximum Gasteiger partial charge on any atom is 0.241 e. The van der Waals surface area contributed by atoms with E-state index in [0.717, 1.165) is 36.5 Å². The number of nitrogens with zero attached hydrogens (tertiary/aromatic N) is 4. The van der Waals surface area contributed by atoms with Crippen molar-refractivity contribution in [2.45, 2.75) is 53.6 Å². The molecule has 7 heteroatoms. The van der Waals surface area contributed by atoms with Gasteiger partial charge in [-0.05, 0) is 46.6 Å². The predicted octanol–water partition coefficient (Wildman–Crippen LogP) is 2.56. The zero-order chi connectivity index (χ0) is 17.5. The zero-order valence-electron chi connectivity index (χ0n) is 14.7. The number of carbonyl (C=O) groups is 1. The van der Waals surface area contributed by atoms with Crippen molar-refractivity contribution in [2.75, 3.05) is 6.54 Å². The molecule has 1 amide bonds. The van der Waals surface area contributed by atoms with Gasteiger partial charge in [0.25, 0.3) is 0 Å². The number of rotatable bonds is 6. The fraction of sp³-hybridized carbons (Fsp3) is 0.588. The number of amides is 1. The lowest BCUT2D eigenvalue weighted by molar-refractivity contribution is -0.122. The smallest absolute Gasteiger partial charge is 0.241 e. The number of aromatic nitrogens is 4. The third-order valence-corrected chi connectivity index (χ3v) is 5.34. The Bertz CT molecular complexity index is 772. The SMILES string of the molecule is Cc1cc(C)n(CC2(CNC(=O)Cn3nc(C)c(Cl)c3C)CC2)n1. The first-order valence-corrected chi connectivity index (χ1v) is 8.65. The van der Waals surface area contributed by atoms with Gasteiger partial charge in [-0.15, -0.1) is 0 Å². The van der Waals surface area contributed by atoms with Crippen molar-refractivity contribution in [2.24, 2.45) is 5.41 Å². The highest BCUT2D eigenvalue weighted by molar-refractivity contribution is 6.31. The van der Waals surface area contributed by atoms with Crippen LogP contribution in [0.5, 0.6) is 0 Å². The lowest BCUT2D eigenvalue weighted by Gasteiger charge is -2.17. The molecule has 1 fully saturated rings. The van der Waals surface area contributed by atoms with Crippen molar-refractivity contribution < 1.29 is 4.79 Å². The first-order chi connectivity index (χ1) is 11.3. The summed E-state index contributed by atoms with van der Waals surface area (Å²) < 4.78 is 3.71. The van der Waals surface area contributed by atoms with Crippen molar-refractivity contribution in [3.8, 4) is 0 Å². The van der Waals surface area contributed by atoms with Crippen LogP contribution < -0.4 is 5.32 Å². The van der Waals surface area contributed by atoms with E-state index in [1.165, 1.54) is 5.69 Å². The van der Waals surface area contributed by atoms with Gasteiger partial charge in [-0.3, -0.25) is 14.2 Å². The van der Waals surface area contributed by atoms with Gasteiger partial charge >= 0.3 is 0 Å². The second-order valence-corrected chi connectivity index (χ2v) is 7.38. The molecule has 0 bridgehead atoms. The van der Waals surface area contributed by atoms with E-state index < -0.39 is 0 Å². The number of nitrogens with one attached hydrogen (secondary N) is 1. The number of halogens is 1. The lowest BCUT2D eigenvalue weighted by atomic mass is 10.1. The molecule has 3 rings (SSSR count). The van der Waals surface area contributed by atoms with E-state index in [2.05, 4.69) is 33.2 Å². The second-order valence-electron chi connectivity index (χ2n) is 7.00. The van der Waals surface area contributed by atoms with Gasteiger partial charge in [0.1, 0.15) is 6.54 Å². The molecule has 0 unspecified atom stereocenters. The van der Waals surface area contributed by atoms with E-state index in [1.54, 1.807) is 4.68 Å². The molecule has 2 aromatic rings. The van der Waals surface area contributed by atoms with Crippen LogP contribution in [-0.4, -0.2) is 32.0 Å². The first kappa shape index (κ1) is 17.0. The molecule has 0 aliphatic heterocycles. The predicted molar refractivity (Wildman–Crippen MR) is 93.1 cm³/mol. The normalized spacial score (nSPS) is 15.5. The van der Waals surface area contributed by atoms with Gasteiger partial charge in [0.05, 0.1) is 22.1 Å². The summed E-state index contributed by atoms with van der Waals surface area (Å²) >= 11 is 6.12. The second kappa shape index (κ2) is 6.24. The van der Waals surface area contributed by atoms with Gasteiger partial charge in [0.15, 0.2) is 0 Å². The Balaban J connectivity index is 1.56. The average Bonchev–Trinajstić information content (AvgIpc) is 3.16. The topological polar surface area (TPSA) is 64.7 Å². The Morgan fingerprint density at radius 3 is 2.46 bits per heavy atom. The summed E-state index contributed by atoms with van der Waals surface area (Å²) in [5.41, 5.74) is 3.93. The van der Waals surface area contributed by atoms with E-state index in [4.69, 9.17) is 11.6 Å². The van der Waals surface area contributed by atoms with Crippen LogP contribution in [0.25, 0.3) is 0 Å². The van der Waals surface area contributed by atoms with Crippen LogP contribution in [0.15, 0.2) is 6.07 Å². The van der Waals surface area contributed by atoms with Crippen molar-refractivity contribution in [3.05, 3.63) is 33.9 Å². The minimum atomic E-state index is -0.0306. The molecule has 1 saturated carbocycles. The molecule has 0 aromatic carbocycles.